The molecular weight excluding hydrogens is 256 g/mol. The third-order valence-electron chi connectivity index (χ3n) is 4.50. The fourth-order valence-electron chi connectivity index (χ4n) is 3.64. The van der Waals surface area contributed by atoms with E-state index in [2.05, 4.69) is 28.9 Å². The Morgan fingerprint density at radius 2 is 2.26 bits per heavy atom. The van der Waals surface area contributed by atoms with Gasteiger partial charge in [-0.1, -0.05) is 12.1 Å². The van der Waals surface area contributed by atoms with E-state index in [1.54, 1.807) is 6.07 Å². The summed E-state index contributed by atoms with van der Waals surface area (Å²) in [6, 6.07) is 10.0. The summed E-state index contributed by atoms with van der Waals surface area (Å²) in [5.74, 6) is 0.457. The molecule has 2 atom stereocenters. The fraction of sp³-hybridized carbons (Fsp3) is 0.400. The van der Waals surface area contributed by atoms with Gasteiger partial charge in [0, 0.05) is 47.6 Å². The molecular formula is C15H16N2OS. The predicted octanol–water partition coefficient (Wildman–Crippen LogP) is 1.94. The summed E-state index contributed by atoms with van der Waals surface area (Å²) in [5, 5.41) is 5.70. The molecule has 1 fully saturated rings. The van der Waals surface area contributed by atoms with Crippen LogP contribution < -0.4 is 10.9 Å². The maximum absolute atomic E-state index is 12.2. The molecule has 4 heterocycles. The first kappa shape index (κ1) is 11.4. The summed E-state index contributed by atoms with van der Waals surface area (Å²) in [6.07, 6.45) is 1.16. The number of aromatic nitrogens is 1. The van der Waals surface area contributed by atoms with E-state index >= 15 is 0 Å². The van der Waals surface area contributed by atoms with Crippen molar-refractivity contribution in [2.75, 3.05) is 13.1 Å². The van der Waals surface area contributed by atoms with Crippen molar-refractivity contribution < 1.29 is 0 Å². The lowest BCUT2D eigenvalue weighted by molar-refractivity contribution is 0.211. The Bertz CT molecular complexity index is 661. The number of pyridine rings is 1. The molecule has 2 aliphatic rings. The van der Waals surface area contributed by atoms with Crippen molar-refractivity contribution in [2.24, 2.45) is 0 Å². The van der Waals surface area contributed by atoms with E-state index in [1.807, 2.05) is 22.0 Å². The Hall–Kier alpha value is -1.39. The average molecular weight is 272 g/mol. The van der Waals surface area contributed by atoms with Crippen molar-refractivity contribution in [3.8, 4) is 0 Å². The highest BCUT2D eigenvalue weighted by molar-refractivity contribution is 7.10. The monoisotopic (exact) mass is 272 g/mol. The van der Waals surface area contributed by atoms with Crippen molar-refractivity contribution in [1.82, 2.24) is 9.88 Å². The van der Waals surface area contributed by atoms with E-state index in [4.69, 9.17) is 0 Å². The van der Waals surface area contributed by atoms with Gasteiger partial charge in [-0.05, 0) is 23.9 Å². The zero-order valence-electron chi connectivity index (χ0n) is 10.6. The quantitative estimate of drug-likeness (QED) is 0.861. The van der Waals surface area contributed by atoms with E-state index in [-0.39, 0.29) is 11.0 Å². The van der Waals surface area contributed by atoms with E-state index < -0.39 is 0 Å². The number of nitrogens with zero attached hydrogens (tertiary/aromatic N) is 1. The van der Waals surface area contributed by atoms with Gasteiger partial charge in [0.15, 0.2) is 0 Å². The van der Waals surface area contributed by atoms with Gasteiger partial charge in [0.1, 0.15) is 0 Å². The molecule has 1 saturated heterocycles. The number of hydrogen-bond donors (Lipinski definition) is 1. The van der Waals surface area contributed by atoms with Crippen molar-refractivity contribution >= 4 is 11.3 Å². The number of piperidine rings is 1. The Morgan fingerprint density at radius 1 is 1.32 bits per heavy atom. The molecule has 98 valence electrons. The molecule has 2 aromatic rings. The number of nitrogens with one attached hydrogen (secondary N) is 1. The van der Waals surface area contributed by atoms with Gasteiger partial charge >= 0.3 is 0 Å². The number of rotatable bonds is 1. The fourth-order valence-corrected chi connectivity index (χ4v) is 4.57. The van der Waals surface area contributed by atoms with Crippen LogP contribution in [0.2, 0.25) is 0 Å². The number of hydrogen-bond acceptors (Lipinski definition) is 3. The van der Waals surface area contributed by atoms with Gasteiger partial charge in [-0.25, -0.2) is 0 Å². The van der Waals surface area contributed by atoms with Crippen molar-refractivity contribution in [3.63, 3.8) is 0 Å². The summed E-state index contributed by atoms with van der Waals surface area (Å²) in [6.45, 7) is 2.77. The number of thiophene rings is 1. The SMILES string of the molecule is O=c1cccc2n1C[C@]1(c3cccs3)CNC[C@H]2C1. The Balaban J connectivity index is 1.89. The highest BCUT2D eigenvalue weighted by Gasteiger charge is 2.44. The third kappa shape index (κ3) is 1.63. The first-order valence-electron chi connectivity index (χ1n) is 6.73. The van der Waals surface area contributed by atoms with Crippen LogP contribution in [0.15, 0.2) is 40.5 Å². The van der Waals surface area contributed by atoms with E-state index in [0.717, 1.165) is 26.1 Å². The molecule has 0 unspecified atom stereocenters. The van der Waals surface area contributed by atoms with Crippen LogP contribution in [-0.4, -0.2) is 17.7 Å². The largest absolute Gasteiger partial charge is 0.315 e. The van der Waals surface area contributed by atoms with Crippen LogP contribution in [0.25, 0.3) is 0 Å². The van der Waals surface area contributed by atoms with Gasteiger partial charge in [-0.15, -0.1) is 11.3 Å². The molecule has 2 aliphatic heterocycles. The van der Waals surface area contributed by atoms with Crippen LogP contribution in [0.3, 0.4) is 0 Å². The standard InChI is InChI=1S/C15H16N2OS/c18-14-5-1-3-12-11-7-15(9-16-8-11,10-17(12)14)13-4-2-6-19-13/h1-6,11,16H,7-10H2/t11-,15-/m1/s1. The molecule has 3 nitrogen and oxygen atoms in total. The summed E-state index contributed by atoms with van der Waals surface area (Å²) in [5.41, 5.74) is 1.45. The Labute approximate surface area is 115 Å². The second-order valence-electron chi connectivity index (χ2n) is 5.66. The second-order valence-corrected chi connectivity index (χ2v) is 6.61. The molecule has 0 aromatic carbocycles. The zero-order chi connectivity index (χ0) is 12.9. The summed E-state index contributed by atoms with van der Waals surface area (Å²) < 4.78 is 1.99. The first-order valence-corrected chi connectivity index (χ1v) is 7.61. The third-order valence-corrected chi connectivity index (χ3v) is 5.61. The first-order chi connectivity index (χ1) is 9.28. The van der Waals surface area contributed by atoms with Gasteiger partial charge in [0.2, 0.25) is 0 Å². The van der Waals surface area contributed by atoms with Gasteiger partial charge in [0.05, 0.1) is 0 Å². The summed E-state index contributed by atoms with van der Waals surface area (Å²) in [7, 11) is 0. The summed E-state index contributed by atoms with van der Waals surface area (Å²) >= 11 is 1.81. The van der Waals surface area contributed by atoms with Gasteiger partial charge in [0.25, 0.3) is 5.56 Å². The molecule has 0 spiro atoms. The molecule has 0 radical (unpaired) electrons. The normalized spacial score (nSPS) is 28.9. The molecule has 4 rings (SSSR count). The molecule has 2 aromatic heterocycles. The van der Waals surface area contributed by atoms with Crippen LogP contribution in [0, 0.1) is 0 Å². The van der Waals surface area contributed by atoms with E-state index in [9.17, 15) is 4.79 Å². The van der Waals surface area contributed by atoms with Crippen LogP contribution in [0.5, 0.6) is 0 Å². The molecule has 0 saturated carbocycles. The molecule has 4 heteroatoms. The minimum atomic E-state index is 0.106. The van der Waals surface area contributed by atoms with E-state index in [0.29, 0.717) is 5.92 Å². The van der Waals surface area contributed by atoms with Gasteiger partial charge in [-0.2, -0.15) is 0 Å². The van der Waals surface area contributed by atoms with Crippen molar-refractivity contribution in [1.29, 1.82) is 0 Å². The molecule has 0 amide bonds. The molecule has 19 heavy (non-hydrogen) atoms. The van der Waals surface area contributed by atoms with Crippen molar-refractivity contribution in [3.05, 3.63) is 56.6 Å². The second kappa shape index (κ2) is 4.05. The van der Waals surface area contributed by atoms with Crippen LogP contribution in [0.1, 0.15) is 22.9 Å². The molecule has 1 N–H and O–H groups in total. The zero-order valence-corrected chi connectivity index (χ0v) is 11.5. The van der Waals surface area contributed by atoms with Crippen molar-refractivity contribution in [2.45, 2.75) is 24.3 Å². The molecule has 2 bridgehead atoms. The van der Waals surface area contributed by atoms with Crippen LogP contribution in [0.4, 0.5) is 0 Å². The van der Waals surface area contributed by atoms with Crippen LogP contribution >= 0.6 is 11.3 Å². The molecule has 0 aliphatic carbocycles. The van der Waals surface area contributed by atoms with E-state index in [1.165, 1.54) is 10.6 Å². The minimum absolute atomic E-state index is 0.106. The van der Waals surface area contributed by atoms with Crippen LogP contribution in [-0.2, 0) is 12.0 Å². The van der Waals surface area contributed by atoms with Gasteiger partial charge in [-0.3, -0.25) is 4.79 Å². The lowest BCUT2D eigenvalue weighted by Gasteiger charge is -2.46. The lowest BCUT2D eigenvalue weighted by atomic mass is 9.71. The Kier molecular flexibility index (Phi) is 2.44. The number of fused-ring (bicyclic) bond motifs is 4. The maximum atomic E-state index is 12.2. The lowest BCUT2D eigenvalue weighted by Crippen LogP contribution is -2.54. The van der Waals surface area contributed by atoms with Gasteiger partial charge < -0.3 is 9.88 Å². The summed E-state index contributed by atoms with van der Waals surface area (Å²) in [4.78, 5) is 13.6. The Morgan fingerprint density at radius 3 is 3.11 bits per heavy atom. The highest BCUT2D eigenvalue weighted by Crippen LogP contribution is 2.44. The highest BCUT2D eigenvalue weighted by atomic mass is 32.1. The average Bonchev–Trinajstić information content (AvgIpc) is 2.95. The topological polar surface area (TPSA) is 34.0 Å². The minimum Gasteiger partial charge on any atom is -0.315 e. The predicted molar refractivity (Wildman–Crippen MR) is 76.9 cm³/mol. The smallest absolute Gasteiger partial charge is 0.250 e. The maximum Gasteiger partial charge on any atom is 0.250 e.